The van der Waals surface area contributed by atoms with Gasteiger partial charge < -0.3 is 14.2 Å². The molecule has 230 valence electrons. The molecule has 0 fully saturated rings. The van der Waals surface area contributed by atoms with Crippen molar-refractivity contribution >= 4 is 46.6 Å². The third-order valence-corrected chi connectivity index (χ3v) is 8.47. The number of esters is 1. The molecule has 0 saturated heterocycles. The van der Waals surface area contributed by atoms with Crippen LogP contribution in [0.3, 0.4) is 0 Å². The molecule has 0 spiro atoms. The van der Waals surface area contributed by atoms with Crippen molar-refractivity contribution in [1.29, 1.82) is 5.26 Å². The summed E-state index contributed by atoms with van der Waals surface area (Å²) in [6.45, 7) is 7.55. The van der Waals surface area contributed by atoms with E-state index >= 15 is 0 Å². The quantitative estimate of drug-likeness (QED) is 0.194. The first kappa shape index (κ1) is 32.0. The van der Waals surface area contributed by atoms with E-state index < -0.39 is 12.0 Å². The number of thiazole rings is 1. The minimum absolute atomic E-state index is 0.102. The van der Waals surface area contributed by atoms with Crippen molar-refractivity contribution in [3.63, 3.8) is 0 Å². The molecule has 11 heteroatoms. The molecule has 0 bridgehead atoms. The highest BCUT2D eigenvalue weighted by molar-refractivity contribution is 7.07. The standard InChI is InChI=1S/C34H29Cl2N3O5S/c1-5-42-33(41)29-20(4)38-34-39(30(29)24-12-8-9-13-27(24)44-19(2)3)32(40)28(45-34)16-21-14-25(35)31(26(36)15-21)43-18-23-11-7-6-10-22(23)17-37/h6-16,19,30H,5,18H2,1-4H3/b28-16+/t30-/m0/s1. The molecule has 1 atom stereocenters. The maximum absolute atomic E-state index is 14.1. The van der Waals surface area contributed by atoms with Crippen molar-refractivity contribution in [3.8, 4) is 17.6 Å². The van der Waals surface area contributed by atoms with E-state index in [-0.39, 0.29) is 46.2 Å². The lowest BCUT2D eigenvalue weighted by Gasteiger charge is -2.26. The summed E-state index contributed by atoms with van der Waals surface area (Å²) in [6.07, 6.45) is 1.54. The molecular formula is C34H29Cl2N3O5S. The Morgan fingerprint density at radius 2 is 1.82 bits per heavy atom. The Labute approximate surface area is 274 Å². The van der Waals surface area contributed by atoms with Crippen molar-refractivity contribution in [3.05, 3.63) is 124 Å². The Morgan fingerprint density at radius 1 is 1.13 bits per heavy atom. The molecule has 8 nitrogen and oxygen atoms in total. The number of nitrogens with zero attached hydrogens (tertiary/aromatic N) is 3. The molecule has 2 heterocycles. The second kappa shape index (κ2) is 13.7. The third kappa shape index (κ3) is 6.69. The Bertz CT molecular complexity index is 2020. The van der Waals surface area contributed by atoms with Crippen LogP contribution in [-0.2, 0) is 16.1 Å². The van der Waals surface area contributed by atoms with Crippen molar-refractivity contribution in [2.45, 2.75) is 46.4 Å². The van der Waals surface area contributed by atoms with Crippen LogP contribution < -0.4 is 24.4 Å². The molecule has 1 aliphatic heterocycles. The van der Waals surface area contributed by atoms with Crippen LogP contribution in [0.5, 0.6) is 11.5 Å². The van der Waals surface area contributed by atoms with Gasteiger partial charge in [-0.25, -0.2) is 9.79 Å². The lowest BCUT2D eigenvalue weighted by Crippen LogP contribution is -2.40. The molecule has 1 aromatic heterocycles. The average Bonchev–Trinajstić information content (AvgIpc) is 3.30. The van der Waals surface area contributed by atoms with Crippen molar-refractivity contribution < 1.29 is 19.0 Å². The summed E-state index contributed by atoms with van der Waals surface area (Å²) in [5.41, 5.74) is 2.78. The van der Waals surface area contributed by atoms with E-state index in [4.69, 9.17) is 37.4 Å². The number of aromatic nitrogens is 1. The van der Waals surface area contributed by atoms with Gasteiger partial charge in [0.2, 0.25) is 0 Å². The molecule has 45 heavy (non-hydrogen) atoms. The zero-order valence-electron chi connectivity index (χ0n) is 25.0. The van der Waals surface area contributed by atoms with Crippen LogP contribution in [-0.4, -0.2) is 23.2 Å². The number of benzene rings is 3. The fourth-order valence-corrected chi connectivity index (χ4v) is 6.67. The molecule has 1 aliphatic rings. The zero-order valence-corrected chi connectivity index (χ0v) is 27.3. The van der Waals surface area contributed by atoms with E-state index in [1.165, 1.54) is 15.9 Å². The first-order chi connectivity index (χ1) is 21.6. The van der Waals surface area contributed by atoms with Gasteiger partial charge in [-0.3, -0.25) is 9.36 Å². The number of hydrogen-bond acceptors (Lipinski definition) is 8. The van der Waals surface area contributed by atoms with Gasteiger partial charge in [0.05, 0.1) is 50.2 Å². The van der Waals surface area contributed by atoms with Crippen molar-refractivity contribution in [1.82, 2.24) is 4.57 Å². The summed E-state index contributed by atoms with van der Waals surface area (Å²) in [7, 11) is 0. The lowest BCUT2D eigenvalue weighted by molar-refractivity contribution is -0.139. The molecular weight excluding hydrogens is 633 g/mol. The van der Waals surface area contributed by atoms with Gasteiger partial charge >= 0.3 is 5.97 Å². The predicted molar refractivity (Wildman–Crippen MR) is 175 cm³/mol. The Hall–Kier alpha value is -4.36. The molecule has 0 N–H and O–H groups in total. The number of nitriles is 1. The number of fused-ring (bicyclic) bond motifs is 1. The monoisotopic (exact) mass is 661 g/mol. The summed E-state index contributed by atoms with van der Waals surface area (Å²) in [4.78, 5) is 32.4. The maximum Gasteiger partial charge on any atom is 0.338 e. The van der Waals surface area contributed by atoms with E-state index in [0.29, 0.717) is 43.0 Å². The number of para-hydroxylation sites is 1. The summed E-state index contributed by atoms with van der Waals surface area (Å²) in [6, 6.07) is 19.0. The fraction of sp³-hybridized carbons (Fsp3) is 0.235. The van der Waals surface area contributed by atoms with Crippen molar-refractivity contribution in [2.24, 2.45) is 4.99 Å². The first-order valence-electron chi connectivity index (χ1n) is 14.2. The molecule has 0 radical (unpaired) electrons. The van der Waals surface area contributed by atoms with Gasteiger partial charge in [-0.1, -0.05) is 70.9 Å². The van der Waals surface area contributed by atoms with E-state index in [0.717, 1.165) is 0 Å². The fourth-order valence-electron chi connectivity index (χ4n) is 5.01. The van der Waals surface area contributed by atoms with Crippen LogP contribution >= 0.6 is 34.5 Å². The van der Waals surface area contributed by atoms with E-state index in [1.807, 2.05) is 44.2 Å². The molecule has 0 aliphatic carbocycles. The van der Waals surface area contributed by atoms with Crippen LogP contribution in [0.15, 0.2) is 81.7 Å². The van der Waals surface area contributed by atoms with Gasteiger partial charge in [-0.2, -0.15) is 5.26 Å². The van der Waals surface area contributed by atoms with Crippen molar-refractivity contribution in [2.75, 3.05) is 6.61 Å². The van der Waals surface area contributed by atoms with Gasteiger partial charge in [-0.15, -0.1) is 0 Å². The highest BCUT2D eigenvalue weighted by Gasteiger charge is 2.35. The molecule has 0 amide bonds. The SMILES string of the molecule is CCOC(=O)C1=C(C)N=c2s/c(=C/c3cc(Cl)c(OCc4ccccc4C#N)c(Cl)c3)c(=O)n2[C@H]1c1ccccc1OC(C)C. The summed E-state index contributed by atoms with van der Waals surface area (Å²) < 4.78 is 19.3. The molecule has 3 aromatic carbocycles. The highest BCUT2D eigenvalue weighted by atomic mass is 35.5. The molecule has 0 unspecified atom stereocenters. The van der Waals surface area contributed by atoms with Gasteiger partial charge in [0.25, 0.3) is 5.56 Å². The average molecular weight is 663 g/mol. The van der Waals surface area contributed by atoms with Gasteiger partial charge in [-0.05, 0) is 63.6 Å². The van der Waals surface area contributed by atoms with E-state index in [2.05, 4.69) is 11.1 Å². The smallest absolute Gasteiger partial charge is 0.338 e. The Balaban J connectivity index is 1.58. The third-order valence-electron chi connectivity index (χ3n) is 6.92. The second-order valence-corrected chi connectivity index (χ2v) is 12.2. The van der Waals surface area contributed by atoms with Crippen LogP contribution in [0, 0.1) is 11.3 Å². The van der Waals surface area contributed by atoms with E-state index in [1.54, 1.807) is 50.3 Å². The molecule has 4 aromatic rings. The number of hydrogen-bond donors (Lipinski definition) is 0. The maximum atomic E-state index is 14.1. The minimum Gasteiger partial charge on any atom is -0.491 e. The number of allylic oxidation sites excluding steroid dienone is 1. The predicted octanol–water partition coefficient (Wildman–Crippen LogP) is 6.34. The van der Waals surface area contributed by atoms with Crippen LogP contribution in [0.2, 0.25) is 10.0 Å². The van der Waals surface area contributed by atoms with Gasteiger partial charge in [0.15, 0.2) is 10.6 Å². The highest BCUT2D eigenvalue weighted by Crippen LogP contribution is 2.37. The minimum atomic E-state index is -0.823. The zero-order chi connectivity index (χ0) is 32.2. The number of rotatable bonds is 9. The number of carbonyl (C=O) groups is 1. The largest absolute Gasteiger partial charge is 0.491 e. The number of halogens is 2. The topological polar surface area (TPSA) is 103 Å². The number of ether oxygens (including phenoxy) is 3. The van der Waals surface area contributed by atoms with Gasteiger partial charge in [0, 0.05) is 11.1 Å². The first-order valence-corrected chi connectivity index (χ1v) is 15.7. The van der Waals surface area contributed by atoms with Crippen LogP contribution in [0.25, 0.3) is 6.08 Å². The lowest BCUT2D eigenvalue weighted by atomic mass is 9.95. The Morgan fingerprint density at radius 3 is 2.51 bits per heavy atom. The van der Waals surface area contributed by atoms with Crippen LogP contribution in [0.1, 0.15) is 56.0 Å². The Kier molecular flexibility index (Phi) is 9.78. The van der Waals surface area contributed by atoms with Crippen LogP contribution in [0.4, 0.5) is 0 Å². The van der Waals surface area contributed by atoms with Gasteiger partial charge in [0.1, 0.15) is 18.4 Å². The summed E-state index contributed by atoms with van der Waals surface area (Å²) in [5.74, 6) is 0.264. The number of carbonyl (C=O) groups excluding carboxylic acids is 1. The summed E-state index contributed by atoms with van der Waals surface area (Å²) in [5, 5.41) is 9.86. The normalized spacial score (nSPS) is 14.5. The second-order valence-electron chi connectivity index (χ2n) is 10.4. The van der Waals surface area contributed by atoms with E-state index in [9.17, 15) is 14.9 Å². The molecule has 5 rings (SSSR count). The molecule has 0 saturated carbocycles. The summed E-state index contributed by atoms with van der Waals surface area (Å²) >= 11 is 14.3.